The van der Waals surface area contributed by atoms with Gasteiger partial charge in [0.2, 0.25) is 18.2 Å². The van der Waals surface area contributed by atoms with Crippen molar-refractivity contribution >= 4 is 18.2 Å². The Bertz CT molecular complexity index is 505. The summed E-state index contributed by atoms with van der Waals surface area (Å²) in [5.41, 5.74) is 0.748. The molecule has 0 saturated carbocycles. The standard InChI is InChI=1S/C17H25N3O3/c1-3-4-12-20(2)17(23)16(14-8-6-5-7-9-14)19-15(22)10-11-18-13-21/h5-9,13,16H,3-4,10-12H2,1-2H3,(H,18,21)(H,19,22). The second-order valence-corrected chi connectivity index (χ2v) is 5.35. The molecule has 2 N–H and O–H groups in total. The Labute approximate surface area is 137 Å². The van der Waals surface area contributed by atoms with E-state index in [1.165, 1.54) is 0 Å². The number of amides is 3. The van der Waals surface area contributed by atoms with E-state index in [1.54, 1.807) is 11.9 Å². The van der Waals surface area contributed by atoms with Gasteiger partial charge >= 0.3 is 0 Å². The van der Waals surface area contributed by atoms with Gasteiger partial charge in [-0.15, -0.1) is 0 Å². The molecule has 1 atom stereocenters. The van der Waals surface area contributed by atoms with E-state index in [0.29, 0.717) is 13.0 Å². The molecule has 0 aliphatic heterocycles. The predicted octanol–water partition coefficient (Wildman–Crippen LogP) is 1.24. The van der Waals surface area contributed by atoms with Gasteiger partial charge in [-0.25, -0.2) is 0 Å². The van der Waals surface area contributed by atoms with Gasteiger partial charge in [-0.05, 0) is 12.0 Å². The molecule has 1 rings (SSSR count). The van der Waals surface area contributed by atoms with Crippen LogP contribution in [0.1, 0.15) is 37.8 Å². The number of hydrogen-bond acceptors (Lipinski definition) is 3. The molecule has 0 saturated heterocycles. The summed E-state index contributed by atoms with van der Waals surface area (Å²) in [4.78, 5) is 36.5. The molecule has 0 aliphatic carbocycles. The zero-order valence-corrected chi connectivity index (χ0v) is 13.7. The van der Waals surface area contributed by atoms with Crippen LogP contribution in [0.5, 0.6) is 0 Å². The molecule has 23 heavy (non-hydrogen) atoms. The maximum Gasteiger partial charge on any atom is 0.249 e. The fourth-order valence-electron chi connectivity index (χ4n) is 2.14. The summed E-state index contributed by atoms with van der Waals surface area (Å²) < 4.78 is 0. The van der Waals surface area contributed by atoms with Gasteiger partial charge in [0.15, 0.2) is 0 Å². The Morgan fingerprint density at radius 3 is 2.57 bits per heavy atom. The molecule has 0 spiro atoms. The zero-order chi connectivity index (χ0) is 17.1. The number of carbonyl (C=O) groups excluding carboxylic acids is 3. The lowest BCUT2D eigenvalue weighted by Crippen LogP contribution is -2.42. The Kier molecular flexibility index (Phi) is 8.42. The Morgan fingerprint density at radius 1 is 1.26 bits per heavy atom. The number of unbranched alkanes of at least 4 members (excludes halogenated alkanes) is 1. The number of hydrogen-bond donors (Lipinski definition) is 2. The van der Waals surface area contributed by atoms with Crippen LogP contribution in [0.4, 0.5) is 0 Å². The SMILES string of the molecule is CCCCN(C)C(=O)C(NC(=O)CCNC=O)c1ccccc1. The van der Waals surface area contributed by atoms with Crippen molar-refractivity contribution < 1.29 is 14.4 Å². The summed E-state index contributed by atoms with van der Waals surface area (Å²) in [5.74, 6) is -0.410. The Morgan fingerprint density at radius 2 is 1.96 bits per heavy atom. The first-order valence-corrected chi connectivity index (χ1v) is 7.86. The highest BCUT2D eigenvalue weighted by atomic mass is 16.2. The van der Waals surface area contributed by atoms with Crippen molar-refractivity contribution in [3.63, 3.8) is 0 Å². The van der Waals surface area contributed by atoms with E-state index in [9.17, 15) is 14.4 Å². The lowest BCUT2D eigenvalue weighted by atomic mass is 10.1. The van der Waals surface area contributed by atoms with Crippen LogP contribution < -0.4 is 10.6 Å². The minimum atomic E-state index is -0.707. The quantitative estimate of drug-likeness (QED) is 0.503. The minimum absolute atomic E-state index is 0.133. The normalized spacial score (nSPS) is 11.4. The number of nitrogens with zero attached hydrogens (tertiary/aromatic N) is 1. The largest absolute Gasteiger partial charge is 0.358 e. The average molecular weight is 319 g/mol. The summed E-state index contributed by atoms with van der Waals surface area (Å²) in [6.07, 6.45) is 2.60. The first-order valence-electron chi connectivity index (χ1n) is 7.86. The van der Waals surface area contributed by atoms with Crippen LogP contribution in [0, 0.1) is 0 Å². The molecule has 1 unspecified atom stereocenters. The maximum atomic E-state index is 12.7. The molecule has 0 radical (unpaired) electrons. The average Bonchev–Trinajstić information content (AvgIpc) is 2.58. The van der Waals surface area contributed by atoms with Gasteiger partial charge < -0.3 is 15.5 Å². The van der Waals surface area contributed by atoms with E-state index in [2.05, 4.69) is 17.6 Å². The summed E-state index contributed by atoms with van der Waals surface area (Å²) in [5, 5.41) is 5.20. The molecule has 1 aromatic carbocycles. The van der Waals surface area contributed by atoms with Crippen LogP contribution >= 0.6 is 0 Å². The van der Waals surface area contributed by atoms with Crippen LogP contribution in [0.3, 0.4) is 0 Å². The van der Waals surface area contributed by atoms with Crippen LogP contribution in [0.2, 0.25) is 0 Å². The fraction of sp³-hybridized carbons (Fsp3) is 0.471. The van der Waals surface area contributed by atoms with Crippen molar-refractivity contribution in [1.82, 2.24) is 15.5 Å². The topological polar surface area (TPSA) is 78.5 Å². The van der Waals surface area contributed by atoms with Crippen molar-refractivity contribution in [3.8, 4) is 0 Å². The van der Waals surface area contributed by atoms with Gasteiger partial charge in [-0.2, -0.15) is 0 Å². The van der Waals surface area contributed by atoms with Crippen molar-refractivity contribution in [2.75, 3.05) is 20.1 Å². The molecule has 126 valence electrons. The van der Waals surface area contributed by atoms with Crippen LogP contribution in [0.25, 0.3) is 0 Å². The van der Waals surface area contributed by atoms with Crippen LogP contribution in [0.15, 0.2) is 30.3 Å². The van der Waals surface area contributed by atoms with Crippen molar-refractivity contribution in [1.29, 1.82) is 0 Å². The molecule has 0 aromatic heterocycles. The van der Waals surface area contributed by atoms with Crippen LogP contribution in [-0.2, 0) is 14.4 Å². The third-order valence-corrected chi connectivity index (χ3v) is 3.49. The molecular formula is C17H25N3O3. The monoisotopic (exact) mass is 319 g/mol. The van der Waals surface area contributed by atoms with E-state index >= 15 is 0 Å². The first-order chi connectivity index (χ1) is 11.1. The molecule has 6 nitrogen and oxygen atoms in total. The first kappa shape index (κ1) is 18.7. The van der Waals surface area contributed by atoms with E-state index in [0.717, 1.165) is 18.4 Å². The Hall–Kier alpha value is -2.37. The van der Waals surface area contributed by atoms with E-state index in [1.807, 2.05) is 30.3 Å². The molecule has 0 heterocycles. The smallest absolute Gasteiger partial charge is 0.249 e. The lowest BCUT2D eigenvalue weighted by Gasteiger charge is -2.25. The molecule has 0 fully saturated rings. The summed E-state index contributed by atoms with van der Waals surface area (Å²) >= 11 is 0. The zero-order valence-electron chi connectivity index (χ0n) is 13.7. The van der Waals surface area contributed by atoms with E-state index < -0.39 is 6.04 Å². The molecule has 6 heteroatoms. The summed E-state index contributed by atoms with van der Waals surface area (Å²) in [6.45, 7) is 2.97. The van der Waals surface area contributed by atoms with E-state index in [4.69, 9.17) is 0 Å². The number of benzene rings is 1. The fourth-order valence-corrected chi connectivity index (χ4v) is 2.14. The molecule has 0 aliphatic rings. The lowest BCUT2D eigenvalue weighted by molar-refractivity contribution is -0.135. The second kappa shape index (κ2) is 10.4. The van der Waals surface area contributed by atoms with Gasteiger partial charge in [0, 0.05) is 26.6 Å². The van der Waals surface area contributed by atoms with Gasteiger partial charge in [0.25, 0.3) is 0 Å². The third kappa shape index (κ3) is 6.50. The number of carbonyl (C=O) groups is 3. The summed E-state index contributed by atoms with van der Waals surface area (Å²) in [6, 6.07) is 8.47. The van der Waals surface area contributed by atoms with Crippen molar-refractivity contribution in [3.05, 3.63) is 35.9 Å². The number of likely N-dealkylation sites (N-methyl/N-ethyl adjacent to an activating group) is 1. The highest BCUT2D eigenvalue weighted by Gasteiger charge is 2.25. The van der Waals surface area contributed by atoms with Crippen molar-refractivity contribution in [2.45, 2.75) is 32.2 Å². The molecule has 0 bridgehead atoms. The highest BCUT2D eigenvalue weighted by molar-refractivity contribution is 5.88. The molecule has 1 aromatic rings. The van der Waals surface area contributed by atoms with Gasteiger partial charge in [-0.1, -0.05) is 43.7 Å². The van der Waals surface area contributed by atoms with Gasteiger partial charge in [0.05, 0.1) is 0 Å². The number of rotatable bonds is 10. The van der Waals surface area contributed by atoms with Gasteiger partial charge in [0.1, 0.15) is 6.04 Å². The summed E-state index contributed by atoms with van der Waals surface area (Å²) in [7, 11) is 1.74. The number of nitrogens with one attached hydrogen (secondary N) is 2. The second-order valence-electron chi connectivity index (χ2n) is 5.35. The van der Waals surface area contributed by atoms with E-state index in [-0.39, 0.29) is 24.8 Å². The molecular weight excluding hydrogens is 294 g/mol. The van der Waals surface area contributed by atoms with Crippen LogP contribution in [-0.4, -0.2) is 43.3 Å². The predicted molar refractivity (Wildman–Crippen MR) is 88.6 cm³/mol. The minimum Gasteiger partial charge on any atom is -0.358 e. The third-order valence-electron chi connectivity index (χ3n) is 3.49. The maximum absolute atomic E-state index is 12.7. The van der Waals surface area contributed by atoms with Gasteiger partial charge in [-0.3, -0.25) is 14.4 Å². The van der Waals surface area contributed by atoms with Crippen molar-refractivity contribution in [2.24, 2.45) is 0 Å². The highest BCUT2D eigenvalue weighted by Crippen LogP contribution is 2.16. The molecule has 3 amide bonds. The Balaban J connectivity index is 2.79.